The summed E-state index contributed by atoms with van der Waals surface area (Å²) >= 11 is 1.37. The van der Waals surface area contributed by atoms with Crippen molar-refractivity contribution in [3.05, 3.63) is 65.5 Å². The number of rotatable bonds is 12. The number of nitrogens with one attached hydrogen (secondary N) is 1. The Kier molecular flexibility index (Phi) is 10.8. The summed E-state index contributed by atoms with van der Waals surface area (Å²) in [6, 6.07) is 12.7. The third kappa shape index (κ3) is 7.56. The highest BCUT2D eigenvalue weighted by Crippen LogP contribution is 2.48. The van der Waals surface area contributed by atoms with Gasteiger partial charge in [0, 0.05) is 11.4 Å². The SMILES string of the molecule is CCN(O)C(=O)Nc1cc(C2CCC(c3cc(OC)c(OC)c(OC)c3)O2)cc(OC)c1OC(C)Sc1ccc(F)cc1. The van der Waals surface area contributed by atoms with Crippen LogP contribution in [0.15, 0.2) is 53.4 Å². The predicted octanol–water partition coefficient (Wildman–Crippen LogP) is 7.21. The van der Waals surface area contributed by atoms with Gasteiger partial charge in [-0.15, -0.1) is 0 Å². The molecular formula is C31H37FN2O8S. The van der Waals surface area contributed by atoms with Crippen LogP contribution in [0.25, 0.3) is 0 Å². The molecule has 3 aromatic rings. The third-order valence-electron chi connectivity index (χ3n) is 6.92. The molecule has 2 amide bonds. The maximum atomic E-state index is 13.4. The fourth-order valence-electron chi connectivity index (χ4n) is 4.81. The monoisotopic (exact) mass is 616 g/mol. The summed E-state index contributed by atoms with van der Waals surface area (Å²) in [7, 11) is 6.19. The minimum atomic E-state index is -0.729. The summed E-state index contributed by atoms with van der Waals surface area (Å²) in [4.78, 5) is 13.5. The quantitative estimate of drug-likeness (QED) is 0.0944. The molecule has 1 heterocycles. The fourth-order valence-corrected chi connectivity index (χ4v) is 5.63. The van der Waals surface area contributed by atoms with Crippen LogP contribution in [0.5, 0.6) is 28.7 Å². The molecule has 1 fully saturated rings. The van der Waals surface area contributed by atoms with E-state index in [1.54, 1.807) is 46.5 Å². The molecule has 2 N–H and O–H groups in total. The number of amides is 2. The van der Waals surface area contributed by atoms with Crippen LogP contribution >= 0.6 is 11.8 Å². The van der Waals surface area contributed by atoms with Crippen LogP contribution in [0.4, 0.5) is 14.9 Å². The van der Waals surface area contributed by atoms with Crippen molar-refractivity contribution in [3.63, 3.8) is 0 Å². The molecule has 4 rings (SSSR count). The van der Waals surface area contributed by atoms with Gasteiger partial charge in [0.2, 0.25) is 5.75 Å². The number of thioether (sulfide) groups is 1. The Morgan fingerprint density at radius 2 is 1.49 bits per heavy atom. The van der Waals surface area contributed by atoms with Crippen LogP contribution in [0.2, 0.25) is 0 Å². The van der Waals surface area contributed by atoms with Gasteiger partial charge in [-0.2, -0.15) is 0 Å². The second-order valence-corrected chi connectivity index (χ2v) is 11.0. The number of carbonyl (C=O) groups is 1. The topological polar surface area (TPSA) is 108 Å². The molecule has 10 nitrogen and oxygen atoms in total. The molecule has 43 heavy (non-hydrogen) atoms. The summed E-state index contributed by atoms with van der Waals surface area (Å²) in [6.45, 7) is 3.56. The molecule has 1 saturated heterocycles. The molecule has 3 unspecified atom stereocenters. The molecule has 0 bridgehead atoms. The zero-order valence-electron chi connectivity index (χ0n) is 25.0. The van der Waals surface area contributed by atoms with Crippen molar-refractivity contribution < 1.29 is 42.8 Å². The Morgan fingerprint density at radius 1 is 0.953 bits per heavy atom. The average Bonchev–Trinajstić information content (AvgIpc) is 3.52. The third-order valence-corrected chi connectivity index (χ3v) is 7.89. The van der Waals surface area contributed by atoms with E-state index in [2.05, 4.69) is 5.32 Å². The van der Waals surface area contributed by atoms with E-state index in [0.29, 0.717) is 40.2 Å². The Labute approximate surface area is 254 Å². The van der Waals surface area contributed by atoms with E-state index in [-0.39, 0.29) is 30.3 Å². The number of hydrogen-bond donors (Lipinski definition) is 2. The minimum absolute atomic E-state index is 0.0812. The molecule has 0 spiro atoms. The van der Waals surface area contributed by atoms with E-state index in [9.17, 15) is 14.4 Å². The lowest BCUT2D eigenvalue weighted by molar-refractivity contribution is -0.0324. The van der Waals surface area contributed by atoms with Gasteiger partial charge in [-0.25, -0.2) is 14.2 Å². The van der Waals surface area contributed by atoms with Gasteiger partial charge in [-0.05, 0) is 86.3 Å². The summed E-state index contributed by atoms with van der Waals surface area (Å²) in [5, 5.41) is 13.3. The van der Waals surface area contributed by atoms with Crippen LogP contribution in [-0.2, 0) is 4.74 Å². The van der Waals surface area contributed by atoms with Gasteiger partial charge in [-0.1, -0.05) is 11.8 Å². The summed E-state index contributed by atoms with van der Waals surface area (Å²) in [5.41, 5.74) is 1.50. The van der Waals surface area contributed by atoms with Crippen molar-refractivity contribution in [2.45, 2.75) is 49.2 Å². The first-order chi connectivity index (χ1) is 20.7. The average molecular weight is 617 g/mol. The first kappa shape index (κ1) is 32.1. The van der Waals surface area contributed by atoms with Crippen LogP contribution in [0, 0.1) is 5.82 Å². The van der Waals surface area contributed by atoms with Gasteiger partial charge in [0.1, 0.15) is 11.3 Å². The van der Waals surface area contributed by atoms with Gasteiger partial charge >= 0.3 is 6.03 Å². The van der Waals surface area contributed by atoms with Gasteiger partial charge in [0.15, 0.2) is 23.0 Å². The maximum absolute atomic E-state index is 13.4. The van der Waals surface area contributed by atoms with Crippen molar-refractivity contribution in [1.82, 2.24) is 5.06 Å². The highest BCUT2D eigenvalue weighted by atomic mass is 32.2. The second kappa shape index (κ2) is 14.5. The van der Waals surface area contributed by atoms with E-state index in [4.69, 9.17) is 28.4 Å². The molecule has 1 aliphatic heterocycles. The number of halogens is 1. The zero-order valence-corrected chi connectivity index (χ0v) is 25.8. The summed E-state index contributed by atoms with van der Waals surface area (Å²) < 4.78 is 48.3. The van der Waals surface area contributed by atoms with Crippen molar-refractivity contribution in [3.8, 4) is 28.7 Å². The lowest BCUT2D eigenvalue weighted by Crippen LogP contribution is -2.32. The molecule has 1 aliphatic rings. The first-order valence-corrected chi connectivity index (χ1v) is 14.6. The van der Waals surface area contributed by atoms with Gasteiger partial charge in [-0.3, -0.25) is 5.21 Å². The Bertz CT molecular complexity index is 1380. The van der Waals surface area contributed by atoms with Crippen LogP contribution in [-0.4, -0.2) is 56.7 Å². The van der Waals surface area contributed by atoms with Crippen molar-refractivity contribution >= 4 is 23.5 Å². The fraction of sp³-hybridized carbons (Fsp3) is 0.387. The maximum Gasteiger partial charge on any atom is 0.345 e. The van der Waals surface area contributed by atoms with Crippen LogP contribution in [0.3, 0.4) is 0 Å². The van der Waals surface area contributed by atoms with E-state index in [0.717, 1.165) is 22.4 Å². The Balaban J connectivity index is 1.63. The highest BCUT2D eigenvalue weighted by molar-refractivity contribution is 7.99. The molecule has 0 radical (unpaired) electrons. The molecular weight excluding hydrogens is 579 g/mol. The van der Waals surface area contributed by atoms with E-state index >= 15 is 0 Å². The number of urea groups is 1. The van der Waals surface area contributed by atoms with E-state index < -0.39 is 11.5 Å². The standard InChI is InChI=1S/C31H37FN2O8S/c1-7-34(36)31(35)33-23-14-19(15-26(37-3)29(23)41-18(2)43-22-10-8-21(32)9-11-22)24-12-13-25(42-24)20-16-27(38-4)30(40-6)28(17-20)39-5/h8-11,14-18,24-25,36H,7,12-13H2,1-6H3,(H,33,35). The second-order valence-electron chi connectivity index (χ2n) is 9.65. The van der Waals surface area contributed by atoms with Crippen molar-refractivity contribution in [2.24, 2.45) is 0 Å². The number of methoxy groups -OCH3 is 4. The van der Waals surface area contributed by atoms with Gasteiger partial charge < -0.3 is 33.7 Å². The number of carbonyl (C=O) groups excluding carboxylic acids is 1. The summed E-state index contributed by atoms with van der Waals surface area (Å²) in [6.07, 6.45) is 0.830. The molecule has 0 saturated carbocycles. The molecule has 3 aromatic carbocycles. The Morgan fingerprint density at radius 3 is 2.00 bits per heavy atom. The number of ether oxygens (including phenoxy) is 6. The highest BCUT2D eigenvalue weighted by Gasteiger charge is 2.31. The van der Waals surface area contributed by atoms with E-state index in [1.807, 2.05) is 25.1 Å². The molecule has 0 aliphatic carbocycles. The van der Waals surface area contributed by atoms with Gasteiger partial charge in [0.25, 0.3) is 0 Å². The van der Waals surface area contributed by atoms with E-state index in [1.165, 1.54) is 31.0 Å². The predicted molar refractivity (Wildman–Crippen MR) is 160 cm³/mol. The first-order valence-electron chi connectivity index (χ1n) is 13.7. The lowest BCUT2D eigenvalue weighted by Gasteiger charge is -2.23. The number of hydrogen-bond acceptors (Lipinski definition) is 9. The normalized spacial score (nSPS) is 16.7. The van der Waals surface area contributed by atoms with Crippen LogP contribution in [0.1, 0.15) is 50.0 Å². The van der Waals surface area contributed by atoms with Crippen molar-refractivity contribution in [1.29, 1.82) is 0 Å². The smallest absolute Gasteiger partial charge is 0.345 e. The molecule has 0 aromatic heterocycles. The number of benzene rings is 3. The summed E-state index contributed by atoms with van der Waals surface area (Å²) in [5.74, 6) is 1.90. The lowest BCUT2D eigenvalue weighted by atomic mass is 10.0. The van der Waals surface area contributed by atoms with Crippen molar-refractivity contribution in [2.75, 3.05) is 40.3 Å². The number of hydroxylamine groups is 2. The molecule has 12 heteroatoms. The van der Waals surface area contributed by atoms with Gasteiger partial charge in [0.05, 0.1) is 46.3 Å². The zero-order chi connectivity index (χ0) is 31.1. The number of anilines is 1. The minimum Gasteiger partial charge on any atom is -0.493 e. The molecule has 3 atom stereocenters. The largest absolute Gasteiger partial charge is 0.493 e. The van der Waals surface area contributed by atoms with Crippen LogP contribution < -0.4 is 29.0 Å². The Hall–Kier alpha value is -3.87. The number of nitrogens with zero attached hydrogens (tertiary/aromatic N) is 1. The molecule has 232 valence electrons.